The van der Waals surface area contributed by atoms with Crippen LogP contribution in [0.4, 0.5) is 0 Å². The zero-order chi connectivity index (χ0) is 49.5. The summed E-state index contributed by atoms with van der Waals surface area (Å²) in [5, 5.41) is 139. The Kier molecular flexibility index (Phi) is 39.1. The monoisotopic (exact) mass is 1120 g/mol. The smallest absolute Gasteiger partial charge is 0.549 e. The van der Waals surface area contributed by atoms with Gasteiger partial charge in [0.15, 0.2) is 0 Å². The molecule has 8 atom stereocenters. The molecule has 387 valence electrons. The minimum Gasteiger partial charge on any atom is -0.549 e. The molecule has 2 amide bonds. The van der Waals surface area contributed by atoms with Gasteiger partial charge in [-0.05, 0) is 0 Å². The minimum absolute atomic E-state index is 0. The van der Waals surface area contributed by atoms with Gasteiger partial charge in [-0.2, -0.15) is 0 Å². The predicted molar refractivity (Wildman–Crippen MR) is 207 cm³/mol. The maximum Gasteiger partial charge on any atom is 3.00 e. The van der Waals surface area contributed by atoms with Crippen molar-refractivity contribution in [2.75, 3.05) is 112 Å². The van der Waals surface area contributed by atoms with Gasteiger partial charge in [0.25, 0.3) is 0 Å². The number of aliphatic hydroxyl groups excluding tert-OH is 10. The van der Waals surface area contributed by atoms with Gasteiger partial charge in [-0.3, -0.25) is 24.3 Å². The fourth-order valence-electron chi connectivity index (χ4n) is 4.77. The van der Waals surface area contributed by atoms with E-state index in [1.165, 1.54) is 4.90 Å². The summed E-state index contributed by atoms with van der Waals surface area (Å²) in [4.78, 5) is 95.3. The second-order valence-electron chi connectivity index (χ2n) is 13.5. The second-order valence-corrected chi connectivity index (χ2v) is 13.5. The second kappa shape index (κ2) is 38.9. The molecule has 0 aromatic carbocycles. The van der Waals surface area contributed by atoms with Crippen molar-refractivity contribution in [1.29, 1.82) is 0 Å². The number of aliphatic carboxylic acids is 3. The Morgan fingerprint density at radius 2 is 0.836 bits per heavy atom. The van der Waals surface area contributed by atoms with E-state index in [1.54, 1.807) is 0 Å². The minimum atomic E-state index is -1.96. The Hall–Kier alpha value is -4.01. The van der Waals surface area contributed by atoms with Crippen LogP contribution >= 0.6 is 0 Å². The summed E-state index contributed by atoms with van der Waals surface area (Å²) in [5.74, 6) is -8.30. The average Bonchev–Trinajstić information content (AvgIpc) is 3.25. The summed E-state index contributed by atoms with van der Waals surface area (Å²) in [7, 11) is 0. The number of hydrogen-bond acceptors (Lipinski definition) is 29. The summed E-state index contributed by atoms with van der Waals surface area (Å²) in [6.07, 6.45) is -13.8. The maximum atomic E-state index is 12.5. The molecule has 0 aliphatic heterocycles. The molecule has 0 aliphatic carbocycles. The predicted octanol–water partition coefficient (Wildman–Crippen LogP) is -15.5. The Balaban J connectivity index is -0.0000205. The summed E-state index contributed by atoms with van der Waals surface area (Å²) in [5.41, 5.74) is 0. The van der Waals surface area contributed by atoms with E-state index in [1.807, 2.05) is 0 Å². The first kappa shape index (κ1) is 67.3. The molecule has 0 fully saturated rings. The SMILES string of the molecule is O.O=C([O-])CN(CCN(CC(=O)[O-])CC(=O)NCCOC(=O)CO/N=C\[C@@H](O)[C@H](O)[C@H](O)[C@H](O)CO)CCN(CC(=O)[O-])CC(=O)NCCOC(=O)CO/N=C/[C@@H](O)[C@H](O)[C@H](O)[C@H](O)CO.[Gd+3]. The van der Waals surface area contributed by atoms with Crippen molar-refractivity contribution in [3.05, 3.63) is 0 Å². The van der Waals surface area contributed by atoms with Crippen LogP contribution in [0, 0.1) is 39.9 Å². The molecule has 0 rings (SSSR count). The van der Waals surface area contributed by atoms with Crippen molar-refractivity contribution >= 4 is 54.1 Å². The van der Waals surface area contributed by atoms with Crippen LogP contribution in [0.25, 0.3) is 0 Å². The Morgan fingerprint density at radius 3 is 1.15 bits per heavy atom. The molecule has 1 radical (unpaired) electrons. The van der Waals surface area contributed by atoms with Crippen LogP contribution in [0.5, 0.6) is 0 Å². The van der Waals surface area contributed by atoms with E-state index in [2.05, 4.69) is 30.6 Å². The molecule has 0 unspecified atom stereocenters. The van der Waals surface area contributed by atoms with Crippen molar-refractivity contribution in [2.45, 2.75) is 48.8 Å². The van der Waals surface area contributed by atoms with Crippen molar-refractivity contribution in [3.63, 3.8) is 0 Å². The first-order valence-electron chi connectivity index (χ1n) is 19.2. The van der Waals surface area contributed by atoms with E-state index in [4.69, 9.17) is 19.7 Å². The van der Waals surface area contributed by atoms with Crippen molar-refractivity contribution < 1.29 is 165 Å². The molecule has 33 heteroatoms. The molecular weight excluding hydrogens is 1060 g/mol. The molecule has 32 nitrogen and oxygen atoms in total. The molecule has 67 heavy (non-hydrogen) atoms. The number of amides is 2. The van der Waals surface area contributed by atoms with Crippen molar-refractivity contribution in [1.82, 2.24) is 25.3 Å². The quantitative estimate of drug-likeness (QED) is 0.0118. The Bertz CT molecular complexity index is 1420. The molecule has 0 bridgehead atoms. The third kappa shape index (κ3) is 33.2. The standard InChI is InChI=1S/C34H59N7O24.Gd.H2O/c42-16-22(46)33(60)31(58)20(44)9-37-64-18-29(56)62-7-1-35-24(48)11-40(14-27(52)53)5-3-39(13-26(50)51)4-6-41(15-28(54)55)12-25(49)36-2-8-63-30(57)19-65-38-10-21(45)32(59)34(61)23(47)17-43;;/h9-10,20-23,31-34,42-47,58-61H,1-8,11-19H2,(H,35,48)(H,36,49)(H,50,51)(H,52,53)(H,54,55);;1H2/q;+3;/p-3/b37-9-,38-10+;;/t20-,21-,22-,23-,31+,32+,33-,34-;;/m1../s1. The summed E-state index contributed by atoms with van der Waals surface area (Å²) in [6, 6.07) is 0. The number of esters is 2. The van der Waals surface area contributed by atoms with Crippen LogP contribution < -0.4 is 26.0 Å². The van der Waals surface area contributed by atoms with Crippen LogP contribution in [-0.2, 0) is 52.7 Å². The van der Waals surface area contributed by atoms with Gasteiger partial charge in [0.2, 0.25) is 25.0 Å². The number of rotatable bonds is 38. The molecule has 14 N–H and O–H groups in total. The van der Waals surface area contributed by atoms with E-state index in [0.717, 1.165) is 9.80 Å². The molecule has 0 aliphatic rings. The largest absolute Gasteiger partial charge is 3.00 e. The fourth-order valence-corrected chi connectivity index (χ4v) is 4.77. The zero-order valence-electron chi connectivity index (χ0n) is 35.6. The van der Waals surface area contributed by atoms with Crippen LogP contribution in [0.1, 0.15) is 0 Å². The van der Waals surface area contributed by atoms with Crippen LogP contribution in [0.2, 0.25) is 0 Å². The maximum absolute atomic E-state index is 12.5. The number of aliphatic hydroxyl groups is 10. The number of carbonyl (C=O) groups is 7. The number of carbonyl (C=O) groups excluding carboxylic acids is 7. The van der Waals surface area contributed by atoms with E-state index in [0.29, 0.717) is 12.4 Å². The number of nitrogens with zero attached hydrogens (tertiary/aromatic N) is 5. The molecule has 0 aromatic heterocycles. The molecule has 0 heterocycles. The van der Waals surface area contributed by atoms with E-state index in [-0.39, 0.29) is 84.7 Å². The first-order chi connectivity index (χ1) is 30.6. The molecule has 0 saturated carbocycles. The molecule has 0 saturated heterocycles. The number of carboxylic acid groups (broad SMARTS) is 3. The van der Waals surface area contributed by atoms with E-state index < -0.39 is 163 Å². The van der Waals surface area contributed by atoms with Gasteiger partial charge in [0, 0.05) is 45.8 Å². The van der Waals surface area contributed by atoms with Gasteiger partial charge in [0.1, 0.15) is 62.0 Å². The van der Waals surface area contributed by atoms with Crippen molar-refractivity contribution in [2.24, 2.45) is 10.3 Å². The van der Waals surface area contributed by atoms with Gasteiger partial charge in [-0.1, -0.05) is 10.3 Å². The third-order valence-corrected chi connectivity index (χ3v) is 8.14. The number of ether oxygens (including phenoxy) is 2. The molecular formula is C34H58GdN7O25. The van der Waals surface area contributed by atoms with Gasteiger partial charge in [-0.15, -0.1) is 0 Å². The Morgan fingerprint density at radius 1 is 0.522 bits per heavy atom. The van der Waals surface area contributed by atoms with Crippen LogP contribution in [-0.4, -0.2) is 286 Å². The molecule has 0 aromatic rings. The zero-order valence-corrected chi connectivity index (χ0v) is 37.8. The summed E-state index contributed by atoms with van der Waals surface area (Å²) >= 11 is 0. The van der Waals surface area contributed by atoms with Gasteiger partial charge in [0.05, 0.1) is 69.7 Å². The topological polar surface area (TPSA) is 518 Å². The van der Waals surface area contributed by atoms with E-state index in [9.17, 15) is 89.7 Å². The fraction of sp³-hybridized carbons (Fsp3) is 0.735. The van der Waals surface area contributed by atoms with Gasteiger partial charge in [-0.25, -0.2) is 9.59 Å². The van der Waals surface area contributed by atoms with E-state index >= 15 is 0 Å². The summed E-state index contributed by atoms with van der Waals surface area (Å²) < 4.78 is 9.62. The first-order valence-corrected chi connectivity index (χ1v) is 19.2. The number of nitrogens with one attached hydrogen (secondary N) is 2. The van der Waals surface area contributed by atoms with Gasteiger partial charge < -0.3 is 116 Å². The number of oxime groups is 2. The molecule has 0 spiro atoms. The van der Waals surface area contributed by atoms with Gasteiger partial charge >= 0.3 is 51.9 Å². The summed E-state index contributed by atoms with van der Waals surface area (Å²) in [6.45, 7) is -9.16. The van der Waals surface area contributed by atoms with Crippen LogP contribution in [0.3, 0.4) is 0 Å². The van der Waals surface area contributed by atoms with Crippen LogP contribution in [0.15, 0.2) is 10.3 Å². The van der Waals surface area contributed by atoms with Crippen molar-refractivity contribution in [3.8, 4) is 0 Å². The normalized spacial score (nSPS) is 15.0. The third-order valence-electron chi connectivity index (χ3n) is 8.14. The number of hydrogen-bond donors (Lipinski definition) is 12. The average molecular weight is 1120 g/mol. The number of carboxylic acids is 3. The Labute approximate surface area is 412 Å².